The summed E-state index contributed by atoms with van der Waals surface area (Å²) in [6.07, 6.45) is 2.31. The molecule has 0 heterocycles. The smallest absolute Gasteiger partial charge is 0.208 e. The Morgan fingerprint density at radius 1 is 0.347 bits per heavy atom. The highest BCUT2D eigenvalue weighted by molar-refractivity contribution is 5.71. The first kappa shape index (κ1) is 36.7. The summed E-state index contributed by atoms with van der Waals surface area (Å²) in [7, 11) is 0. The van der Waals surface area contributed by atoms with Crippen molar-refractivity contribution in [2.24, 2.45) is 0 Å². The lowest BCUT2D eigenvalue weighted by Crippen LogP contribution is -2.12. The number of hydrogen-bond acceptors (Lipinski definition) is 3. The normalized spacial score (nSPS) is 10.8. The number of nitrogens with zero attached hydrogens (tertiary/aromatic N) is 4. The summed E-state index contributed by atoms with van der Waals surface area (Å²) in [5, 5.41) is 29.7. The minimum atomic E-state index is 0.476. The molecule has 248 valence electrons. The summed E-state index contributed by atoms with van der Waals surface area (Å²) in [5.74, 6) is 0. The van der Waals surface area contributed by atoms with Gasteiger partial charge in [-0.25, -0.2) is 4.85 Å². The molecule has 0 amide bonds. The minimum absolute atomic E-state index is 0.476. The maximum absolute atomic E-state index is 9.95. The summed E-state index contributed by atoms with van der Waals surface area (Å²) in [5.41, 5.74) is 25.8. The van der Waals surface area contributed by atoms with Crippen molar-refractivity contribution in [3.63, 3.8) is 0 Å². The van der Waals surface area contributed by atoms with Crippen LogP contribution < -0.4 is 0 Å². The van der Waals surface area contributed by atoms with E-state index in [-0.39, 0.29) is 0 Å². The first-order valence-electron chi connectivity index (χ1n) is 17.0. The van der Waals surface area contributed by atoms with Crippen LogP contribution in [0.25, 0.3) is 4.85 Å². The van der Waals surface area contributed by atoms with Gasteiger partial charge in [0.15, 0.2) is 0 Å². The molecule has 4 aromatic carbocycles. The Labute approximate surface area is 294 Å². The third kappa shape index (κ3) is 5.82. The lowest BCUT2D eigenvalue weighted by atomic mass is 9.78. The number of rotatable bonds is 6. The SMILES string of the molecule is [C-]#[N+]c1c(C)c(C)c(Cc2c(C)c(C)c(Cc3c(C)c(C)c(Cc4c(C)c(C)c(C#N)c(C#N)c4C)c(C)c3C)c(C)c2C)c(C)c1C#N. The van der Waals surface area contributed by atoms with Gasteiger partial charge in [-0.1, -0.05) is 5.56 Å². The Bertz CT molecular complexity index is 2050. The minimum Gasteiger partial charge on any atom is -0.236 e. The molecule has 4 heteroatoms. The van der Waals surface area contributed by atoms with Gasteiger partial charge in [-0.05, 0) is 222 Å². The fourth-order valence-electron chi connectivity index (χ4n) is 8.04. The van der Waals surface area contributed by atoms with Crippen LogP contribution in [0.4, 0.5) is 5.69 Å². The maximum Gasteiger partial charge on any atom is 0.208 e. The van der Waals surface area contributed by atoms with Gasteiger partial charge in [0, 0.05) is 0 Å². The highest BCUT2D eigenvalue weighted by atomic mass is 14.7. The lowest BCUT2D eigenvalue weighted by molar-refractivity contribution is 0.981. The van der Waals surface area contributed by atoms with E-state index in [9.17, 15) is 15.8 Å². The third-order valence-electron chi connectivity index (χ3n) is 12.3. The van der Waals surface area contributed by atoms with Gasteiger partial charge in [0.05, 0.1) is 29.3 Å². The van der Waals surface area contributed by atoms with Gasteiger partial charge in [-0.3, -0.25) is 0 Å². The molecule has 0 unspecified atom stereocenters. The molecule has 49 heavy (non-hydrogen) atoms. The van der Waals surface area contributed by atoms with Gasteiger partial charge < -0.3 is 0 Å². The van der Waals surface area contributed by atoms with E-state index in [1.54, 1.807) is 0 Å². The molecule has 0 N–H and O–H groups in total. The van der Waals surface area contributed by atoms with E-state index < -0.39 is 0 Å². The highest BCUT2D eigenvalue weighted by Gasteiger charge is 2.24. The second-order valence-electron chi connectivity index (χ2n) is 14.1. The Morgan fingerprint density at radius 3 is 0.857 bits per heavy atom. The van der Waals surface area contributed by atoms with Crippen molar-refractivity contribution in [1.82, 2.24) is 0 Å². The van der Waals surface area contributed by atoms with Crippen molar-refractivity contribution >= 4 is 5.69 Å². The van der Waals surface area contributed by atoms with E-state index in [1.165, 1.54) is 66.8 Å². The third-order valence-corrected chi connectivity index (χ3v) is 12.3. The topological polar surface area (TPSA) is 75.7 Å². The van der Waals surface area contributed by atoms with Gasteiger partial charge in [-0.15, -0.1) is 0 Å². The van der Waals surface area contributed by atoms with Crippen molar-refractivity contribution in [1.29, 1.82) is 15.8 Å². The number of hydrogen-bond donors (Lipinski definition) is 0. The fraction of sp³-hybridized carbons (Fsp3) is 0.378. The van der Waals surface area contributed by atoms with Crippen molar-refractivity contribution in [2.75, 3.05) is 0 Å². The highest BCUT2D eigenvalue weighted by Crippen LogP contribution is 2.39. The molecule has 0 saturated carbocycles. The average Bonchev–Trinajstić information content (AvgIpc) is 3.08. The molecule has 0 radical (unpaired) electrons. The molecular weight excluding hydrogens is 597 g/mol. The molecular formula is C45H48N4. The van der Waals surface area contributed by atoms with Gasteiger partial charge in [0.25, 0.3) is 0 Å². The molecule has 0 bridgehead atoms. The number of benzene rings is 4. The Kier molecular flexibility index (Phi) is 10.3. The second-order valence-corrected chi connectivity index (χ2v) is 14.1. The largest absolute Gasteiger partial charge is 0.236 e. The molecule has 4 aromatic rings. The molecule has 0 aliphatic carbocycles. The molecule has 0 aliphatic rings. The number of nitriles is 3. The average molecular weight is 645 g/mol. The van der Waals surface area contributed by atoms with Crippen molar-refractivity contribution < 1.29 is 0 Å². The van der Waals surface area contributed by atoms with E-state index in [4.69, 9.17) is 6.57 Å². The van der Waals surface area contributed by atoms with Crippen LogP contribution in [0, 0.1) is 137 Å². The second kappa shape index (κ2) is 13.8. The van der Waals surface area contributed by atoms with Crippen LogP contribution in [0.3, 0.4) is 0 Å². The van der Waals surface area contributed by atoms with Crippen molar-refractivity contribution in [3.8, 4) is 18.2 Å². The molecule has 0 saturated heterocycles. The molecule has 0 fully saturated rings. The molecule has 0 spiro atoms. The standard InChI is InChI=1S/C45H48N4/c1-22-26(5)38(17-40-30(9)31(10)42(19-46)43(20-47)34(40)13)27(6)23(2)36(22)16-37-24(3)28(7)39(29(8)25(37)4)18-41-32(11)33(12)45(49-15)44(21-48)35(41)14/h16-18H2,1-14H3. The van der Waals surface area contributed by atoms with Gasteiger partial charge in [-0.2, -0.15) is 15.8 Å². The van der Waals surface area contributed by atoms with E-state index in [2.05, 4.69) is 92.3 Å². The summed E-state index contributed by atoms with van der Waals surface area (Å²) >= 11 is 0. The molecule has 0 aliphatic heterocycles. The lowest BCUT2D eigenvalue weighted by Gasteiger charge is -2.26. The monoisotopic (exact) mass is 644 g/mol. The summed E-state index contributed by atoms with van der Waals surface area (Å²) in [6, 6.07) is 6.88. The zero-order chi connectivity index (χ0) is 36.8. The Hall–Kier alpha value is -5.16. The molecule has 4 rings (SSSR count). The summed E-state index contributed by atoms with van der Waals surface area (Å²) in [4.78, 5) is 3.71. The van der Waals surface area contributed by atoms with Crippen LogP contribution in [0.1, 0.15) is 128 Å². The van der Waals surface area contributed by atoms with Crippen LogP contribution in [0.2, 0.25) is 0 Å². The molecule has 0 atom stereocenters. The van der Waals surface area contributed by atoms with E-state index in [0.29, 0.717) is 22.4 Å². The predicted octanol–water partition coefficient (Wildman–Crippen LogP) is 10.9. The quantitative estimate of drug-likeness (QED) is 0.196. The molecule has 0 aromatic heterocycles. The first-order valence-corrected chi connectivity index (χ1v) is 17.0. The fourth-order valence-corrected chi connectivity index (χ4v) is 8.04. The first-order chi connectivity index (χ1) is 23.0. The summed E-state index contributed by atoms with van der Waals surface area (Å²) < 4.78 is 0. The van der Waals surface area contributed by atoms with Crippen LogP contribution in [0.5, 0.6) is 0 Å². The molecule has 4 nitrogen and oxygen atoms in total. The van der Waals surface area contributed by atoms with Crippen LogP contribution >= 0.6 is 0 Å². The van der Waals surface area contributed by atoms with Crippen molar-refractivity contribution in [2.45, 2.75) is 116 Å². The maximum atomic E-state index is 9.95. The van der Waals surface area contributed by atoms with Gasteiger partial charge in [0.2, 0.25) is 5.69 Å². The van der Waals surface area contributed by atoms with Crippen LogP contribution in [0.15, 0.2) is 0 Å². The Balaban J connectivity index is 1.83. The summed E-state index contributed by atoms with van der Waals surface area (Å²) in [6.45, 7) is 37.6. The van der Waals surface area contributed by atoms with Gasteiger partial charge >= 0.3 is 0 Å². The van der Waals surface area contributed by atoms with Crippen LogP contribution in [-0.2, 0) is 19.3 Å². The van der Waals surface area contributed by atoms with E-state index in [1.807, 2.05) is 27.7 Å². The van der Waals surface area contributed by atoms with Gasteiger partial charge in [0.1, 0.15) is 12.1 Å². The zero-order valence-electron chi connectivity index (χ0n) is 31.9. The van der Waals surface area contributed by atoms with E-state index >= 15 is 0 Å². The van der Waals surface area contributed by atoms with Crippen molar-refractivity contribution in [3.05, 3.63) is 139 Å². The van der Waals surface area contributed by atoms with E-state index in [0.717, 1.165) is 63.8 Å². The zero-order valence-corrected chi connectivity index (χ0v) is 31.9. The Morgan fingerprint density at radius 2 is 0.571 bits per heavy atom. The van der Waals surface area contributed by atoms with Crippen LogP contribution in [-0.4, -0.2) is 0 Å². The predicted molar refractivity (Wildman–Crippen MR) is 201 cm³/mol.